The molecule has 5 aromatic rings. The molecule has 42 heavy (non-hydrogen) atoms. The van der Waals surface area contributed by atoms with Gasteiger partial charge in [-0.25, -0.2) is 10.2 Å². The molecule has 1 amide bonds. The Bertz CT molecular complexity index is 1700. The first-order valence-electron chi connectivity index (χ1n) is 12.8. The van der Waals surface area contributed by atoms with E-state index in [1.165, 1.54) is 17.6 Å². The number of carbonyl (C=O) groups excluding carboxylic acids is 2. The number of benzene rings is 4. The molecule has 1 heterocycles. The zero-order valence-corrected chi connectivity index (χ0v) is 24.0. The highest BCUT2D eigenvalue weighted by atomic mass is 35.5. The number of nitrogens with one attached hydrogen (secondary N) is 1. The number of esters is 1. The van der Waals surface area contributed by atoms with Gasteiger partial charge >= 0.3 is 5.97 Å². The van der Waals surface area contributed by atoms with E-state index in [1.54, 1.807) is 61.7 Å². The summed E-state index contributed by atoms with van der Waals surface area (Å²) in [6.07, 6.45) is 1.47. The van der Waals surface area contributed by atoms with Crippen LogP contribution in [0, 0.1) is 0 Å². The summed E-state index contributed by atoms with van der Waals surface area (Å²) < 4.78 is 22.8. The number of rotatable bonds is 11. The first kappa shape index (κ1) is 28.7. The lowest BCUT2D eigenvalue weighted by Gasteiger charge is -2.08. The number of hydrogen-bond acceptors (Lipinski definition) is 8. The van der Waals surface area contributed by atoms with Crippen LogP contribution in [0.3, 0.4) is 0 Å². The fourth-order valence-corrected chi connectivity index (χ4v) is 5.23. The molecule has 0 spiro atoms. The molecule has 212 valence electrons. The molecule has 0 fully saturated rings. The standard InChI is InChI=1S/C32H25ClN2O6S/c1-38-26-15-16-27-28(17-26)42-31(30(27)33)32(37)41-25-9-7-21(8-10-25)18-34-35-29(36)20-40-24-13-11-23(12-14-24)39-19-22-5-3-2-4-6-22/h2-18H,19-20H2,1H3,(H,35,36). The number of carbonyl (C=O) groups is 2. The molecule has 0 saturated carbocycles. The Morgan fingerprint density at radius 1 is 0.857 bits per heavy atom. The van der Waals surface area contributed by atoms with Crippen LogP contribution in [0.5, 0.6) is 23.0 Å². The van der Waals surface area contributed by atoms with E-state index < -0.39 is 11.9 Å². The van der Waals surface area contributed by atoms with Crippen molar-refractivity contribution in [3.63, 3.8) is 0 Å². The van der Waals surface area contributed by atoms with Crippen LogP contribution in [0.1, 0.15) is 20.8 Å². The maximum atomic E-state index is 12.7. The van der Waals surface area contributed by atoms with Gasteiger partial charge in [0.05, 0.1) is 18.3 Å². The quantitative estimate of drug-likeness (QED) is 0.0768. The van der Waals surface area contributed by atoms with E-state index in [-0.39, 0.29) is 6.61 Å². The van der Waals surface area contributed by atoms with Gasteiger partial charge in [-0.15, -0.1) is 11.3 Å². The Balaban J connectivity index is 1.06. The van der Waals surface area contributed by atoms with Gasteiger partial charge in [-0.3, -0.25) is 4.79 Å². The van der Waals surface area contributed by atoms with Crippen molar-refractivity contribution in [2.45, 2.75) is 6.61 Å². The minimum Gasteiger partial charge on any atom is -0.497 e. The van der Waals surface area contributed by atoms with E-state index in [4.69, 9.17) is 30.5 Å². The van der Waals surface area contributed by atoms with Crippen LogP contribution < -0.4 is 24.4 Å². The summed E-state index contributed by atoms with van der Waals surface area (Å²) in [5.74, 6) is 1.28. The smallest absolute Gasteiger partial charge is 0.355 e. The molecule has 0 saturated heterocycles. The zero-order chi connectivity index (χ0) is 29.3. The Kier molecular flexibility index (Phi) is 9.33. The molecule has 10 heteroatoms. The normalized spacial score (nSPS) is 10.9. The second kappa shape index (κ2) is 13.7. The van der Waals surface area contributed by atoms with Gasteiger partial charge in [0.15, 0.2) is 6.61 Å². The largest absolute Gasteiger partial charge is 0.497 e. The van der Waals surface area contributed by atoms with Gasteiger partial charge in [0.25, 0.3) is 5.91 Å². The molecule has 8 nitrogen and oxygen atoms in total. The fraction of sp³-hybridized carbons (Fsp3) is 0.0938. The van der Waals surface area contributed by atoms with Gasteiger partial charge in [0, 0.05) is 10.1 Å². The molecule has 0 unspecified atom stereocenters. The number of fused-ring (bicyclic) bond motifs is 1. The number of halogens is 1. The van der Waals surface area contributed by atoms with Crippen molar-refractivity contribution >= 4 is 51.1 Å². The molecule has 1 N–H and O–H groups in total. The van der Waals surface area contributed by atoms with Gasteiger partial charge in [-0.05, 0) is 77.9 Å². The molecule has 0 aliphatic heterocycles. The molecule has 0 aliphatic carbocycles. The Hall–Kier alpha value is -4.86. The Morgan fingerprint density at radius 3 is 2.24 bits per heavy atom. The number of hydrogen-bond donors (Lipinski definition) is 1. The average molecular weight is 601 g/mol. The zero-order valence-electron chi connectivity index (χ0n) is 22.4. The van der Waals surface area contributed by atoms with E-state index in [0.717, 1.165) is 15.6 Å². The molecule has 4 aromatic carbocycles. The highest BCUT2D eigenvalue weighted by molar-refractivity contribution is 7.21. The molecule has 0 radical (unpaired) electrons. The number of methoxy groups -OCH3 is 1. The van der Waals surface area contributed by atoms with Crippen molar-refractivity contribution in [1.82, 2.24) is 5.43 Å². The lowest BCUT2D eigenvalue weighted by molar-refractivity contribution is -0.123. The second-order valence-electron chi connectivity index (χ2n) is 8.89. The van der Waals surface area contributed by atoms with E-state index in [0.29, 0.717) is 45.1 Å². The summed E-state index contributed by atoms with van der Waals surface area (Å²) in [5.41, 5.74) is 4.18. The van der Waals surface area contributed by atoms with Crippen LogP contribution in [-0.4, -0.2) is 31.8 Å². The third-order valence-electron chi connectivity index (χ3n) is 5.96. The third kappa shape index (κ3) is 7.45. The van der Waals surface area contributed by atoms with Crippen LogP contribution in [0.15, 0.2) is 102 Å². The van der Waals surface area contributed by atoms with Gasteiger partial charge in [0.2, 0.25) is 0 Å². The SMILES string of the molecule is COc1ccc2c(Cl)c(C(=O)Oc3ccc(C=NNC(=O)COc4ccc(OCc5ccccc5)cc4)cc3)sc2c1. The fourth-order valence-electron chi connectivity index (χ4n) is 3.81. The number of thiophene rings is 1. The Morgan fingerprint density at radius 2 is 1.52 bits per heavy atom. The van der Waals surface area contributed by atoms with Crippen LogP contribution >= 0.6 is 22.9 Å². The van der Waals surface area contributed by atoms with Crippen molar-refractivity contribution in [1.29, 1.82) is 0 Å². The summed E-state index contributed by atoms with van der Waals surface area (Å²) in [4.78, 5) is 25.2. The van der Waals surface area contributed by atoms with Gasteiger partial charge in [-0.1, -0.05) is 41.9 Å². The van der Waals surface area contributed by atoms with Crippen molar-refractivity contribution in [3.05, 3.63) is 118 Å². The molecule has 5 rings (SSSR count). The van der Waals surface area contributed by atoms with Crippen molar-refractivity contribution in [2.75, 3.05) is 13.7 Å². The van der Waals surface area contributed by atoms with Crippen molar-refractivity contribution < 1.29 is 28.5 Å². The first-order valence-corrected chi connectivity index (χ1v) is 14.0. The maximum Gasteiger partial charge on any atom is 0.355 e. The predicted molar refractivity (Wildman–Crippen MR) is 163 cm³/mol. The Labute approximate surface area is 251 Å². The molecule has 0 atom stereocenters. The summed E-state index contributed by atoms with van der Waals surface area (Å²) in [6, 6.07) is 29.0. The molecule has 0 bridgehead atoms. The van der Waals surface area contributed by atoms with E-state index in [1.807, 2.05) is 42.5 Å². The van der Waals surface area contributed by atoms with Crippen LogP contribution in [0.2, 0.25) is 5.02 Å². The number of hydrazone groups is 1. The topological polar surface area (TPSA) is 95.5 Å². The first-order chi connectivity index (χ1) is 20.5. The van der Waals surface area contributed by atoms with Crippen molar-refractivity contribution in [3.8, 4) is 23.0 Å². The minimum absolute atomic E-state index is 0.205. The van der Waals surface area contributed by atoms with Gasteiger partial charge < -0.3 is 18.9 Å². The highest BCUT2D eigenvalue weighted by Crippen LogP contribution is 2.37. The summed E-state index contributed by atoms with van der Waals surface area (Å²) in [6.45, 7) is 0.261. The van der Waals surface area contributed by atoms with Gasteiger partial charge in [-0.2, -0.15) is 5.10 Å². The van der Waals surface area contributed by atoms with Crippen LogP contribution in [0.4, 0.5) is 0 Å². The van der Waals surface area contributed by atoms with E-state index in [2.05, 4.69) is 10.5 Å². The average Bonchev–Trinajstić information content (AvgIpc) is 3.36. The van der Waals surface area contributed by atoms with Crippen molar-refractivity contribution in [2.24, 2.45) is 5.10 Å². The van der Waals surface area contributed by atoms with E-state index >= 15 is 0 Å². The minimum atomic E-state index is -0.553. The highest BCUT2D eigenvalue weighted by Gasteiger charge is 2.19. The maximum absolute atomic E-state index is 12.7. The summed E-state index contributed by atoms with van der Waals surface area (Å²) >= 11 is 7.66. The molecular formula is C32H25ClN2O6S. The summed E-state index contributed by atoms with van der Waals surface area (Å²) in [5, 5.41) is 5.05. The van der Waals surface area contributed by atoms with Crippen LogP contribution in [0.25, 0.3) is 10.1 Å². The summed E-state index contributed by atoms with van der Waals surface area (Å²) in [7, 11) is 1.58. The molecule has 0 aliphatic rings. The van der Waals surface area contributed by atoms with Gasteiger partial charge in [0.1, 0.15) is 34.5 Å². The lowest BCUT2D eigenvalue weighted by atomic mass is 10.2. The molecule has 1 aromatic heterocycles. The second-order valence-corrected chi connectivity index (χ2v) is 10.3. The van der Waals surface area contributed by atoms with E-state index in [9.17, 15) is 9.59 Å². The number of ether oxygens (including phenoxy) is 4. The lowest BCUT2D eigenvalue weighted by Crippen LogP contribution is -2.24. The molecular weight excluding hydrogens is 576 g/mol. The third-order valence-corrected chi connectivity index (χ3v) is 7.59. The predicted octanol–water partition coefficient (Wildman–Crippen LogP) is 6.89. The monoisotopic (exact) mass is 600 g/mol. The van der Waals surface area contributed by atoms with Crippen LogP contribution in [-0.2, 0) is 11.4 Å². The number of nitrogens with zero attached hydrogens (tertiary/aromatic N) is 1. The number of amides is 1.